The van der Waals surface area contributed by atoms with Gasteiger partial charge in [-0.3, -0.25) is 4.79 Å². The van der Waals surface area contributed by atoms with Gasteiger partial charge in [-0.1, -0.05) is 6.08 Å². The minimum absolute atomic E-state index is 0.0598. The fraction of sp³-hybridized carbons (Fsp3) is 0.308. The summed E-state index contributed by atoms with van der Waals surface area (Å²) >= 11 is 0. The van der Waals surface area contributed by atoms with Gasteiger partial charge in [0.15, 0.2) is 0 Å². The van der Waals surface area contributed by atoms with Gasteiger partial charge < -0.3 is 10.1 Å². The highest BCUT2D eigenvalue weighted by molar-refractivity contribution is 5.94. The summed E-state index contributed by atoms with van der Waals surface area (Å²) in [6.07, 6.45) is 2.48. The SMILES string of the molecule is C=CCc1cc(C(=O)NCC)ccc1OC. The molecule has 0 radical (unpaired) electrons. The van der Waals surface area contributed by atoms with E-state index in [0.717, 1.165) is 11.3 Å². The first kappa shape index (κ1) is 12.3. The Morgan fingerprint density at radius 2 is 2.31 bits per heavy atom. The Labute approximate surface area is 96.1 Å². The smallest absolute Gasteiger partial charge is 0.251 e. The summed E-state index contributed by atoms with van der Waals surface area (Å²) in [6, 6.07) is 5.41. The molecule has 0 heterocycles. The number of carbonyl (C=O) groups excluding carboxylic acids is 1. The number of allylic oxidation sites excluding steroid dienone is 1. The van der Waals surface area contributed by atoms with Crippen molar-refractivity contribution in [1.29, 1.82) is 0 Å². The maximum absolute atomic E-state index is 11.6. The normalized spacial score (nSPS) is 9.62. The van der Waals surface area contributed by atoms with Crippen LogP contribution < -0.4 is 10.1 Å². The van der Waals surface area contributed by atoms with Crippen molar-refractivity contribution in [2.75, 3.05) is 13.7 Å². The standard InChI is InChI=1S/C13H17NO2/c1-4-6-10-9-11(13(15)14-5-2)7-8-12(10)16-3/h4,7-9H,1,5-6H2,2-3H3,(H,14,15). The summed E-state index contributed by atoms with van der Waals surface area (Å²) in [7, 11) is 1.62. The molecule has 3 heteroatoms. The van der Waals surface area contributed by atoms with Crippen LogP contribution in [0.25, 0.3) is 0 Å². The second-order valence-electron chi connectivity index (χ2n) is 3.38. The Morgan fingerprint density at radius 1 is 1.56 bits per heavy atom. The van der Waals surface area contributed by atoms with Gasteiger partial charge in [0.25, 0.3) is 5.91 Å². The molecule has 1 N–H and O–H groups in total. The van der Waals surface area contributed by atoms with Crippen LogP contribution in [0.5, 0.6) is 5.75 Å². The van der Waals surface area contributed by atoms with Gasteiger partial charge in [0, 0.05) is 12.1 Å². The monoisotopic (exact) mass is 219 g/mol. The van der Waals surface area contributed by atoms with E-state index in [-0.39, 0.29) is 5.91 Å². The van der Waals surface area contributed by atoms with Crippen molar-refractivity contribution in [3.8, 4) is 5.75 Å². The van der Waals surface area contributed by atoms with Crippen molar-refractivity contribution in [2.24, 2.45) is 0 Å². The Hall–Kier alpha value is -1.77. The Morgan fingerprint density at radius 3 is 2.88 bits per heavy atom. The van der Waals surface area contributed by atoms with Crippen LogP contribution >= 0.6 is 0 Å². The molecule has 0 aromatic heterocycles. The van der Waals surface area contributed by atoms with E-state index in [4.69, 9.17) is 4.74 Å². The van der Waals surface area contributed by atoms with Crippen LogP contribution in [-0.4, -0.2) is 19.6 Å². The molecule has 0 aliphatic rings. The van der Waals surface area contributed by atoms with E-state index >= 15 is 0 Å². The quantitative estimate of drug-likeness (QED) is 0.771. The molecule has 0 saturated heterocycles. The van der Waals surface area contributed by atoms with Gasteiger partial charge >= 0.3 is 0 Å². The number of carbonyl (C=O) groups is 1. The summed E-state index contributed by atoms with van der Waals surface area (Å²) in [5.74, 6) is 0.725. The van der Waals surface area contributed by atoms with E-state index in [2.05, 4.69) is 11.9 Å². The van der Waals surface area contributed by atoms with Crippen LogP contribution in [0, 0.1) is 0 Å². The van der Waals surface area contributed by atoms with Crippen molar-refractivity contribution in [3.05, 3.63) is 42.0 Å². The molecular formula is C13H17NO2. The molecule has 1 amide bonds. The van der Waals surface area contributed by atoms with Gasteiger partial charge in [-0.05, 0) is 37.1 Å². The van der Waals surface area contributed by atoms with Gasteiger partial charge in [0.05, 0.1) is 7.11 Å². The molecule has 0 saturated carbocycles. The minimum Gasteiger partial charge on any atom is -0.496 e. The van der Waals surface area contributed by atoms with Crippen molar-refractivity contribution < 1.29 is 9.53 Å². The minimum atomic E-state index is -0.0598. The lowest BCUT2D eigenvalue weighted by molar-refractivity contribution is 0.0955. The van der Waals surface area contributed by atoms with Crippen molar-refractivity contribution in [2.45, 2.75) is 13.3 Å². The molecule has 3 nitrogen and oxygen atoms in total. The Bertz CT molecular complexity index is 386. The highest BCUT2D eigenvalue weighted by atomic mass is 16.5. The fourth-order valence-electron chi connectivity index (χ4n) is 1.50. The molecule has 1 aromatic carbocycles. The lowest BCUT2D eigenvalue weighted by Crippen LogP contribution is -2.22. The third kappa shape index (κ3) is 2.86. The second-order valence-corrected chi connectivity index (χ2v) is 3.38. The topological polar surface area (TPSA) is 38.3 Å². The Kier molecular flexibility index (Phi) is 4.58. The first-order valence-electron chi connectivity index (χ1n) is 5.29. The number of nitrogens with one attached hydrogen (secondary N) is 1. The highest BCUT2D eigenvalue weighted by Crippen LogP contribution is 2.20. The summed E-state index contributed by atoms with van der Waals surface area (Å²) in [5, 5.41) is 2.76. The van der Waals surface area contributed by atoms with Crippen LogP contribution in [0.2, 0.25) is 0 Å². The van der Waals surface area contributed by atoms with Crippen molar-refractivity contribution in [3.63, 3.8) is 0 Å². The number of benzene rings is 1. The van der Waals surface area contributed by atoms with Crippen LogP contribution in [0.15, 0.2) is 30.9 Å². The number of hydrogen-bond acceptors (Lipinski definition) is 2. The van der Waals surface area contributed by atoms with Crippen LogP contribution in [0.3, 0.4) is 0 Å². The fourth-order valence-corrected chi connectivity index (χ4v) is 1.50. The summed E-state index contributed by atoms with van der Waals surface area (Å²) < 4.78 is 5.21. The third-order valence-electron chi connectivity index (χ3n) is 2.24. The predicted molar refractivity (Wildman–Crippen MR) is 64.9 cm³/mol. The molecular weight excluding hydrogens is 202 g/mol. The largest absolute Gasteiger partial charge is 0.496 e. The zero-order valence-electron chi connectivity index (χ0n) is 9.75. The molecule has 0 bridgehead atoms. The average molecular weight is 219 g/mol. The van der Waals surface area contributed by atoms with Gasteiger partial charge in [0.2, 0.25) is 0 Å². The maximum atomic E-state index is 11.6. The molecule has 16 heavy (non-hydrogen) atoms. The molecule has 0 unspecified atom stereocenters. The van der Waals surface area contributed by atoms with E-state index in [9.17, 15) is 4.79 Å². The first-order valence-corrected chi connectivity index (χ1v) is 5.29. The summed E-state index contributed by atoms with van der Waals surface area (Å²) in [5.41, 5.74) is 1.63. The molecule has 0 spiro atoms. The molecule has 0 aliphatic heterocycles. The summed E-state index contributed by atoms with van der Waals surface area (Å²) in [6.45, 7) is 6.21. The number of methoxy groups -OCH3 is 1. The molecule has 1 rings (SSSR count). The van der Waals surface area contributed by atoms with E-state index in [1.807, 2.05) is 19.1 Å². The molecule has 0 atom stereocenters. The molecule has 0 fully saturated rings. The predicted octanol–water partition coefficient (Wildman–Crippen LogP) is 2.17. The van der Waals surface area contributed by atoms with Gasteiger partial charge in [0.1, 0.15) is 5.75 Å². The number of rotatable bonds is 5. The van der Waals surface area contributed by atoms with Crippen molar-refractivity contribution >= 4 is 5.91 Å². The van der Waals surface area contributed by atoms with E-state index in [0.29, 0.717) is 18.5 Å². The number of hydrogen-bond donors (Lipinski definition) is 1. The van der Waals surface area contributed by atoms with E-state index < -0.39 is 0 Å². The zero-order chi connectivity index (χ0) is 12.0. The highest BCUT2D eigenvalue weighted by Gasteiger charge is 2.08. The van der Waals surface area contributed by atoms with Gasteiger partial charge in [-0.2, -0.15) is 0 Å². The van der Waals surface area contributed by atoms with E-state index in [1.54, 1.807) is 19.3 Å². The molecule has 86 valence electrons. The van der Waals surface area contributed by atoms with Crippen LogP contribution in [0.1, 0.15) is 22.8 Å². The lowest BCUT2D eigenvalue weighted by atomic mass is 10.1. The third-order valence-corrected chi connectivity index (χ3v) is 2.24. The lowest BCUT2D eigenvalue weighted by Gasteiger charge is -2.09. The van der Waals surface area contributed by atoms with Crippen LogP contribution in [-0.2, 0) is 6.42 Å². The van der Waals surface area contributed by atoms with Crippen LogP contribution in [0.4, 0.5) is 0 Å². The zero-order valence-corrected chi connectivity index (χ0v) is 9.75. The van der Waals surface area contributed by atoms with E-state index in [1.165, 1.54) is 0 Å². The summed E-state index contributed by atoms with van der Waals surface area (Å²) in [4.78, 5) is 11.6. The van der Waals surface area contributed by atoms with Gasteiger partial charge in [-0.15, -0.1) is 6.58 Å². The Balaban J connectivity index is 3.00. The average Bonchev–Trinajstić information content (AvgIpc) is 2.29. The molecule has 0 aliphatic carbocycles. The van der Waals surface area contributed by atoms with Gasteiger partial charge in [-0.25, -0.2) is 0 Å². The second kappa shape index (κ2) is 5.95. The number of ether oxygens (including phenoxy) is 1. The number of amides is 1. The molecule has 1 aromatic rings. The first-order chi connectivity index (χ1) is 7.72. The van der Waals surface area contributed by atoms with Crippen molar-refractivity contribution in [1.82, 2.24) is 5.32 Å². The maximum Gasteiger partial charge on any atom is 0.251 e.